The third-order valence-corrected chi connectivity index (χ3v) is 2.70. The zero-order valence-corrected chi connectivity index (χ0v) is 11.0. The Balaban J connectivity index is 1.85. The van der Waals surface area contributed by atoms with Gasteiger partial charge in [-0.2, -0.15) is 10.2 Å². The van der Waals surface area contributed by atoms with Gasteiger partial charge in [-0.3, -0.25) is 10.2 Å². The molecule has 0 aliphatic heterocycles. The molecule has 0 atom stereocenters. The standard InChI is InChI=1S/C12H20N6/c1-3-5-9-13-11(17-15-9)7-8-12-14-10(6-4-2)16-18-12/h3-8H2,1-2H3,(H,13,15,17)(H,14,16,18). The largest absolute Gasteiger partial charge is 0.263 e. The third kappa shape index (κ3) is 3.38. The predicted molar refractivity (Wildman–Crippen MR) is 68.2 cm³/mol. The van der Waals surface area contributed by atoms with Crippen molar-refractivity contribution < 1.29 is 0 Å². The predicted octanol–water partition coefficient (Wildman–Crippen LogP) is 1.61. The van der Waals surface area contributed by atoms with Crippen molar-refractivity contribution in [3.8, 4) is 0 Å². The lowest BCUT2D eigenvalue weighted by Crippen LogP contribution is -1.96. The van der Waals surface area contributed by atoms with Crippen LogP contribution in [0.3, 0.4) is 0 Å². The lowest BCUT2D eigenvalue weighted by molar-refractivity contribution is 0.811. The summed E-state index contributed by atoms with van der Waals surface area (Å²) in [6, 6.07) is 0. The number of nitrogens with one attached hydrogen (secondary N) is 2. The molecule has 0 saturated heterocycles. The lowest BCUT2D eigenvalue weighted by Gasteiger charge is -1.91. The van der Waals surface area contributed by atoms with Gasteiger partial charge in [-0.1, -0.05) is 13.8 Å². The van der Waals surface area contributed by atoms with E-state index in [1.807, 2.05) is 0 Å². The maximum atomic E-state index is 4.43. The van der Waals surface area contributed by atoms with E-state index in [1.54, 1.807) is 0 Å². The fourth-order valence-corrected chi connectivity index (χ4v) is 1.81. The monoisotopic (exact) mass is 248 g/mol. The first-order valence-electron chi connectivity index (χ1n) is 6.62. The number of aromatic nitrogens is 6. The molecule has 0 unspecified atom stereocenters. The van der Waals surface area contributed by atoms with Crippen molar-refractivity contribution >= 4 is 0 Å². The van der Waals surface area contributed by atoms with E-state index in [-0.39, 0.29) is 0 Å². The SMILES string of the molecule is CCCc1nc(CCc2n[nH]c(CCC)n2)n[nH]1. The van der Waals surface area contributed by atoms with Crippen LogP contribution in [0.2, 0.25) is 0 Å². The molecule has 0 saturated carbocycles. The summed E-state index contributed by atoms with van der Waals surface area (Å²) in [5.74, 6) is 3.63. The highest BCUT2D eigenvalue weighted by Crippen LogP contribution is 2.02. The molecule has 0 spiro atoms. The lowest BCUT2D eigenvalue weighted by atomic mass is 10.3. The smallest absolute Gasteiger partial charge is 0.151 e. The molecule has 0 amide bonds. The molecule has 2 aromatic rings. The van der Waals surface area contributed by atoms with Gasteiger partial charge >= 0.3 is 0 Å². The van der Waals surface area contributed by atoms with Crippen LogP contribution in [0.4, 0.5) is 0 Å². The van der Waals surface area contributed by atoms with Crippen LogP contribution >= 0.6 is 0 Å². The van der Waals surface area contributed by atoms with Crippen LogP contribution in [0.1, 0.15) is 50.0 Å². The summed E-state index contributed by atoms with van der Waals surface area (Å²) in [4.78, 5) is 8.85. The number of aryl methyl sites for hydroxylation is 4. The maximum Gasteiger partial charge on any atom is 0.151 e. The summed E-state index contributed by atoms with van der Waals surface area (Å²) in [5, 5.41) is 14.3. The van der Waals surface area contributed by atoms with Crippen molar-refractivity contribution in [2.75, 3.05) is 0 Å². The minimum atomic E-state index is 0.781. The molecule has 0 fully saturated rings. The Hall–Kier alpha value is -1.72. The molecule has 2 N–H and O–H groups in total. The van der Waals surface area contributed by atoms with Crippen LogP contribution in [-0.4, -0.2) is 30.4 Å². The second-order valence-corrected chi connectivity index (χ2v) is 4.40. The van der Waals surface area contributed by atoms with E-state index in [2.05, 4.69) is 44.2 Å². The van der Waals surface area contributed by atoms with Gasteiger partial charge in [-0.25, -0.2) is 9.97 Å². The Labute approximate surface area is 107 Å². The first-order chi connectivity index (χ1) is 8.81. The van der Waals surface area contributed by atoms with Crippen LogP contribution < -0.4 is 0 Å². The van der Waals surface area contributed by atoms with Gasteiger partial charge in [0.1, 0.15) is 11.6 Å². The third-order valence-electron chi connectivity index (χ3n) is 2.70. The van der Waals surface area contributed by atoms with Crippen molar-refractivity contribution in [3.63, 3.8) is 0 Å². The Morgan fingerprint density at radius 1 is 0.722 bits per heavy atom. The van der Waals surface area contributed by atoms with E-state index < -0.39 is 0 Å². The van der Waals surface area contributed by atoms with E-state index in [4.69, 9.17) is 0 Å². The molecule has 0 aliphatic carbocycles. The van der Waals surface area contributed by atoms with Gasteiger partial charge in [0.15, 0.2) is 11.6 Å². The van der Waals surface area contributed by atoms with Crippen LogP contribution in [0.25, 0.3) is 0 Å². The van der Waals surface area contributed by atoms with Crippen LogP contribution in [0.5, 0.6) is 0 Å². The summed E-state index contributed by atoms with van der Waals surface area (Å²) in [7, 11) is 0. The number of nitrogens with zero attached hydrogens (tertiary/aromatic N) is 4. The highest BCUT2D eigenvalue weighted by atomic mass is 15.2. The molecule has 18 heavy (non-hydrogen) atoms. The van der Waals surface area contributed by atoms with Crippen LogP contribution in [0, 0.1) is 0 Å². The number of rotatable bonds is 7. The summed E-state index contributed by atoms with van der Waals surface area (Å²) >= 11 is 0. The van der Waals surface area contributed by atoms with E-state index >= 15 is 0 Å². The summed E-state index contributed by atoms with van der Waals surface area (Å²) in [6.07, 6.45) is 5.63. The van der Waals surface area contributed by atoms with Gasteiger partial charge in [0.05, 0.1) is 0 Å². The number of aromatic amines is 2. The fourth-order valence-electron chi connectivity index (χ4n) is 1.81. The molecule has 6 heteroatoms. The van der Waals surface area contributed by atoms with Gasteiger partial charge in [0, 0.05) is 25.7 Å². The van der Waals surface area contributed by atoms with Crippen molar-refractivity contribution in [1.82, 2.24) is 30.4 Å². The van der Waals surface area contributed by atoms with Gasteiger partial charge in [-0.15, -0.1) is 0 Å². The van der Waals surface area contributed by atoms with Crippen LogP contribution in [0.15, 0.2) is 0 Å². The Morgan fingerprint density at radius 2 is 1.17 bits per heavy atom. The van der Waals surface area contributed by atoms with Crippen molar-refractivity contribution in [1.29, 1.82) is 0 Å². The molecule has 2 aromatic heterocycles. The molecule has 0 aliphatic rings. The van der Waals surface area contributed by atoms with E-state index in [0.29, 0.717) is 0 Å². The zero-order chi connectivity index (χ0) is 12.8. The number of hydrogen-bond donors (Lipinski definition) is 2. The molecule has 2 rings (SSSR count). The van der Waals surface area contributed by atoms with Gasteiger partial charge in [0.25, 0.3) is 0 Å². The first kappa shape index (κ1) is 12.7. The normalized spacial score (nSPS) is 11.0. The van der Waals surface area contributed by atoms with E-state index in [1.165, 1.54) is 0 Å². The van der Waals surface area contributed by atoms with Gasteiger partial charge in [0.2, 0.25) is 0 Å². The quantitative estimate of drug-likeness (QED) is 0.779. The van der Waals surface area contributed by atoms with E-state index in [9.17, 15) is 0 Å². The van der Waals surface area contributed by atoms with Crippen molar-refractivity contribution in [2.24, 2.45) is 0 Å². The minimum absolute atomic E-state index is 0.781. The second kappa shape index (κ2) is 6.28. The second-order valence-electron chi connectivity index (χ2n) is 4.40. The molecule has 2 heterocycles. The highest BCUT2D eigenvalue weighted by molar-refractivity contribution is 4.96. The van der Waals surface area contributed by atoms with E-state index in [0.717, 1.165) is 61.8 Å². The molecule has 6 nitrogen and oxygen atoms in total. The average molecular weight is 248 g/mol. The Kier molecular flexibility index (Phi) is 4.44. The zero-order valence-electron chi connectivity index (χ0n) is 11.0. The molecular formula is C12H20N6. The molecule has 0 radical (unpaired) electrons. The summed E-state index contributed by atoms with van der Waals surface area (Å²) < 4.78 is 0. The maximum absolute atomic E-state index is 4.43. The highest BCUT2D eigenvalue weighted by Gasteiger charge is 2.06. The van der Waals surface area contributed by atoms with Gasteiger partial charge < -0.3 is 0 Å². The molecular weight excluding hydrogens is 228 g/mol. The number of hydrogen-bond acceptors (Lipinski definition) is 4. The molecule has 0 aromatic carbocycles. The Morgan fingerprint density at radius 3 is 1.56 bits per heavy atom. The minimum Gasteiger partial charge on any atom is -0.263 e. The van der Waals surface area contributed by atoms with Gasteiger partial charge in [-0.05, 0) is 12.8 Å². The molecule has 98 valence electrons. The number of H-pyrrole nitrogens is 2. The molecule has 0 bridgehead atoms. The topological polar surface area (TPSA) is 83.1 Å². The summed E-state index contributed by atoms with van der Waals surface area (Å²) in [5.41, 5.74) is 0. The van der Waals surface area contributed by atoms with Crippen molar-refractivity contribution in [2.45, 2.75) is 52.4 Å². The fraction of sp³-hybridized carbons (Fsp3) is 0.667. The summed E-state index contributed by atoms with van der Waals surface area (Å²) in [6.45, 7) is 4.26. The van der Waals surface area contributed by atoms with Crippen molar-refractivity contribution in [3.05, 3.63) is 23.3 Å². The van der Waals surface area contributed by atoms with Crippen LogP contribution in [-0.2, 0) is 25.7 Å². The average Bonchev–Trinajstić information content (AvgIpc) is 2.97. The first-order valence-corrected chi connectivity index (χ1v) is 6.62. The Bertz CT molecular complexity index is 428.